The van der Waals surface area contributed by atoms with Gasteiger partial charge in [0.25, 0.3) is 5.91 Å². The van der Waals surface area contributed by atoms with Crippen LogP contribution in [0.4, 0.5) is 0 Å². The number of hydrogen-bond acceptors (Lipinski definition) is 7. The molecule has 0 saturated heterocycles. The van der Waals surface area contributed by atoms with Crippen LogP contribution in [0.3, 0.4) is 0 Å². The molecule has 3 N–H and O–H groups in total. The Bertz CT molecular complexity index is 606. The smallest absolute Gasteiger partial charge is 0.271 e. The van der Waals surface area contributed by atoms with E-state index >= 15 is 0 Å². The minimum absolute atomic E-state index is 0. The van der Waals surface area contributed by atoms with Crippen molar-refractivity contribution in [2.24, 2.45) is 5.73 Å². The maximum Gasteiger partial charge on any atom is 0.271 e. The van der Waals surface area contributed by atoms with Crippen molar-refractivity contribution >= 4 is 53.4 Å². The van der Waals surface area contributed by atoms with Crippen LogP contribution in [0.2, 0.25) is 0 Å². The van der Waals surface area contributed by atoms with E-state index in [9.17, 15) is 4.79 Å². The summed E-state index contributed by atoms with van der Waals surface area (Å²) in [5, 5.41) is 8.28. The van der Waals surface area contributed by atoms with Gasteiger partial charge in [-0.1, -0.05) is 0 Å². The molecular weight excluding hydrogens is 379 g/mol. The molecule has 0 bridgehead atoms. The first-order valence-corrected chi connectivity index (χ1v) is 8.29. The lowest BCUT2D eigenvalue weighted by Gasteiger charge is -2.04. The Hall–Kier alpha value is -0.770. The summed E-state index contributed by atoms with van der Waals surface area (Å²) in [6, 6.07) is 0. The van der Waals surface area contributed by atoms with Gasteiger partial charge in [-0.25, -0.2) is 9.97 Å². The van der Waals surface area contributed by atoms with E-state index in [4.69, 9.17) is 10.5 Å². The highest BCUT2D eigenvalue weighted by Crippen LogP contribution is 2.20. The van der Waals surface area contributed by atoms with Gasteiger partial charge in [0.2, 0.25) is 0 Å². The molecule has 0 spiro atoms. The normalized spacial score (nSPS) is 11.3. The highest BCUT2D eigenvalue weighted by Gasteiger charge is 2.12. The number of aromatic nitrogens is 2. The Balaban J connectivity index is 0.00000242. The molecule has 1 amide bonds. The van der Waals surface area contributed by atoms with E-state index in [0.29, 0.717) is 25.2 Å². The topological polar surface area (TPSA) is 90.1 Å². The van der Waals surface area contributed by atoms with Crippen LogP contribution in [-0.2, 0) is 17.7 Å². The average molecular weight is 399 g/mol. The van der Waals surface area contributed by atoms with Crippen LogP contribution in [0, 0.1) is 0 Å². The molecule has 130 valence electrons. The molecular formula is C13H20Cl2N4O2S2. The van der Waals surface area contributed by atoms with E-state index in [-0.39, 0.29) is 36.8 Å². The van der Waals surface area contributed by atoms with Crippen LogP contribution in [-0.4, -0.2) is 29.5 Å². The Labute approximate surface area is 155 Å². The van der Waals surface area contributed by atoms with E-state index in [1.165, 1.54) is 22.7 Å². The van der Waals surface area contributed by atoms with Gasteiger partial charge in [0.15, 0.2) is 0 Å². The van der Waals surface area contributed by atoms with Gasteiger partial charge in [0.05, 0.1) is 17.2 Å². The number of nitrogens with one attached hydrogen (secondary N) is 1. The summed E-state index contributed by atoms with van der Waals surface area (Å²) in [7, 11) is 1.65. The second-order valence-corrected chi connectivity index (χ2v) is 6.24. The summed E-state index contributed by atoms with van der Waals surface area (Å²) in [5.74, 6) is -0.191. The van der Waals surface area contributed by atoms with Gasteiger partial charge in [-0.05, 0) is 13.5 Å². The van der Waals surface area contributed by atoms with E-state index in [0.717, 1.165) is 15.7 Å². The van der Waals surface area contributed by atoms with Crippen molar-refractivity contribution in [2.45, 2.75) is 26.0 Å². The van der Waals surface area contributed by atoms with Gasteiger partial charge < -0.3 is 15.8 Å². The lowest BCUT2D eigenvalue weighted by molar-refractivity contribution is 0.0946. The van der Waals surface area contributed by atoms with Gasteiger partial charge in [-0.15, -0.1) is 47.5 Å². The number of thiazole rings is 2. The third-order valence-electron chi connectivity index (χ3n) is 2.84. The van der Waals surface area contributed by atoms with Crippen molar-refractivity contribution in [3.05, 3.63) is 32.2 Å². The summed E-state index contributed by atoms with van der Waals surface area (Å²) in [5.41, 5.74) is 6.73. The van der Waals surface area contributed by atoms with Crippen molar-refractivity contribution in [3.8, 4) is 0 Å². The second kappa shape index (κ2) is 10.9. The van der Waals surface area contributed by atoms with E-state index in [1.54, 1.807) is 12.5 Å². The molecule has 6 nitrogen and oxygen atoms in total. The first-order valence-electron chi connectivity index (χ1n) is 6.53. The molecule has 10 heteroatoms. The lowest BCUT2D eigenvalue weighted by Crippen LogP contribution is -2.23. The Morgan fingerprint density at radius 3 is 2.74 bits per heavy atom. The van der Waals surface area contributed by atoms with Crippen LogP contribution in [0.5, 0.6) is 0 Å². The molecule has 1 atom stereocenters. The average Bonchev–Trinajstić information content (AvgIpc) is 3.13. The molecule has 0 aliphatic rings. The minimum atomic E-state index is -0.191. The summed E-state index contributed by atoms with van der Waals surface area (Å²) in [6.07, 6.45) is 0.666. The maximum atomic E-state index is 12.0. The van der Waals surface area contributed by atoms with E-state index in [2.05, 4.69) is 15.3 Å². The zero-order valence-electron chi connectivity index (χ0n) is 12.8. The third-order valence-corrected chi connectivity index (χ3v) is 4.81. The molecule has 0 aliphatic carbocycles. The van der Waals surface area contributed by atoms with Crippen molar-refractivity contribution in [1.29, 1.82) is 0 Å². The summed E-state index contributed by atoms with van der Waals surface area (Å²) < 4.78 is 5.21. The zero-order valence-corrected chi connectivity index (χ0v) is 16.0. The molecule has 0 fully saturated rings. The molecule has 2 aromatic heterocycles. The summed E-state index contributed by atoms with van der Waals surface area (Å²) >= 11 is 2.98. The number of halogens is 2. The van der Waals surface area contributed by atoms with Crippen molar-refractivity contribution in [3.63, 3.8) is 0 Å². The van der Waals surface area contributed by atoms with E-state index in [1.807, 2.05) is 12.3 Å². The number of hydrogen-bond donors (Lipinski definition) is 2. The van der Waals surface area contributed by atoms with Crippen LogP contribution in [0.15, 0.2) is 10.8 Å². The number of methoxy groups -OCH3 is 1. The fourth-order valence-electron chi connectivity index (χ4n) is 1.61. The second-order valence-electron chi connectivity index (χ2n) is 4.40. The number of carbonyl (C=O) groups excluding carboxylic acids is 1. The number of rotatable bonds is 7. The van der Waals surface area contributed by atoms with Gasteiger partial charge in [0, 0.05) is 24.3 Å². The largest absolute Gasteiger partial charge is 0.375 e. The van der Waals surface area contributed by atoms with Gasteiger partial charge >= 0.3 is 0 Å². The molecule has 2 aromatic rings. The SMILES string of the molecule is COC(C)c1nc(CNC(=O)c2csc(CCN)n2)cs1.Cl.Cl. The first-order chi connectivity index (χ1) is 10.1. The van der Waals surface area contributed by atoms with Crippen LogP contribution >= 0.6 is 47.5 Å². The predicted octanol–water partition coefficient (Wildman–Crippen LogP) is 2.58. The standard InChI is InChI=1S/C13H18N4O2S2.2ClH/c1-8(19-2)13-16-9(6-21-13)5-15-12(18)10-7-20-11(17-10)3-4-14;;/h6-8H,3-5,14H2,1-2H3,(H,15,18);2*1H. The van der Waals surface area contributed by atoms with Crippen LogP contribution in [0.1, 0.15) is 39.2 Å². The predicted molar refractivity (Wildman–Crippen MR) is 98.1 cm³/mol. The van der Waals surface area contributed by atoms with E-state index < -0.39 is 0 Å². The lowest BCUT2D eigenvalue weighted by atomic mass is 10.4. The fraction of sp³-hybridized carbons (Fsp3) is 0.462. The van der Waals surface area contributed by atoms with Crippen LogP contribution < -0.4 is 11.1 Å². The Kier molecular flexibility index (Phi) is 10.5. The minimum Gasteiger partial charge on any atom is -0.375 e. The van der Waals surface area contributed by atoms with Gasteiger partial charge in [0.1, 0.15) is 16.8 Å². The maximum absolute atomic E-state index is 12.0. The molecule has 0 saturated carbocycles. The van der Waals surface area contributed by atoms with Gasteiger partial charge in [-0.3, -0.25) is 4.79 Å². The highest BCUT2D eigenvalue weighted by atomic mass is 35.5. The number of amides is 1. The molecule has 2 rings (SSSR count). The molecule has 2 heterocycles. The van der Waals surface area contributed by atoms with Crippen molar-refractivity contribution < 1.29 is 9.53 Å². The number of carbonyl (C=O) groups is 1. The summed E-state index contributed by atoms with van der Waals surface area (Å²) in [4.78, 5) is 20.7. The van der Waals surface area contributed by atoms with Crippen molar-refractivity contribution in [1.82, 2.24) is 15.3 Å². The summed E-state index contributed by atoms with van der Waals surface area (Å²) in [6.45, 7) is 2.86. The quantitative estimate of drug-likeness (QED) is 0.747. The number of ether oxygens (including phenoxy) is 1. The molecule has 0 aliphatic heterocycles. The fourth-order valence-corrected chi connectivity index (χ4v) is 3.25. The molecule has 1 unspecified atom stereocenters. The van der Waals surface area contributed by atoms with Crippen LogP contribution in [0.25, 0.3) is 0 Å². The molecule has 0 aromatic carbocycles. The molecule has 0 radical (unpaired) electrons. The monoisotopic (exact) mass is 398 g/mol. The molecule has 23 heavy (non-hydrogen) atoms. The third kappa shape index (κ3) is 6.33. The van der Waals surface area contributed by atoms with Crippen molar-refractivity contribution in [2.75, 3.05) is 13.7 Å². The Morgan fingerprint density at radius 1 is 1.35 bits per heavy atom. The first kappa shape index (κ1) is 22.2. The number of nitrogens with two attached hydrogens (primary N) is 1. The highest BCUT2D eigenvalue weighted by molar-refractivity contribution is 7.10. The Morgan fingerprint density at radius 2 is 2.09 bits per heavy atom. The number of nitrogens with zero attached hydrogens (tertiary/aromatic N) is 2. The van der Waals surface area contributed by atoms with Gasteiger partial charge in [-0.2, -0.15) is 0 Å². The zero-order chi connectivity index (χ0) is 15.2.